The van der Waals surface area contributed by atoms with Gasteiger partial charge in [0.05, 0.1) is 30.0 Å². The first-order valence-corrected chi connectivity index (χ1v) is 15.7. The second-order valence-corrected chi connectivity index (χ2v) is 12.8. The van der Waals surface area contributed by atoms with Crippen LogP contribution in [0.5, 0.6) is 11.5 Å². The molecular formula is C30H28Cl2I2N4O4. The van der Waals surface area contributed by atoms with Crippen LogP contribution in [0, 0.1) is 24.4 Å². The number of carbonyl (C=O) groups is 2. The molecular weight excluding hydrogens is 805 g/mol. The van der Waals surface area contributed by atoms with E-state index in [1.54, 1.807) is 31.2 Å². The van der Waals surface area contributed by atoms with Gasteiger partial charge in [-0.15, -0.1) is 0 Å². The minimum atomic E-state index is -0.906. The number of nitrogens with one attached hydrogen (secondary N) is 2. The van der Waals surface area contributed by atoms with Crippen molar-refractivity contribution in [2.45, 2.75) is 45.9 Å². The van der Waals surface area contributed by atoms with Crippen LogP contribution in [0.25, 0.3) is 0 Å². The summed E-state index contributed by atoms with van der Waals surface area (Å²) in [4.78, 5) is 25.8. The Morgan fingerprint density at radius 2 is 1.69 bits per heavy atom. The quantitative estimate of drug-likeness (QED) is 0.115. The number of ether oxygens (including phenoxy) is 2. The maximum Gasteiger partial charge on any atom is 0.262 e. The number of hydrogen-bond donors (Lipinski definition) is 2. The molecule has 3 rings (SSSR count). The minimum Gasteiger partial charge on any atom is -0.487 e. The van der Waals surface area contributed by atoms with Crippen molar-refractivity contribution in [3.63, 3.8) is 0 Å². The van der Waals surface area contributed by atoms with Crippen LogP contribution in [0.4, 0.5) is 0 Å². The van der Waals surface area contributed by atoms with E-state index < -0.39 is 24.0 Å². The SMILES string of the molecule is CC(C)C[C@@H](NC(=O)[C@H](C)Oc1ccc(Cl)cc1Cl)C(=O)N/N=C\c1cc(I)c(OCc2ccc(C#N)cc2)c(I)c1. The lowest BCUT2D eigenvalue weighted by Gasteiger charge is -2.22. The van der Waals surface area contributed by atoms with E-state index in [1.165, 1.54) is 12.3 Å². The van der Waals surface area contributed by atoms with E-state index in [0.717, 1.165) is 24.0 Å². The maximum absolute atomic E-state index is 13.0. The Labute approximate surface area is 282 Å². The zero-order valence-electron chi connectivity index (χ0n) is 23.0. The molecule has 3 aromatic carbocycles. The van der Waals surface area contributed by atoms with Crippen LogP contribution in [0.15, 0.2) is 59.7 Å². The number of rotatable bonds is 12. The Hall–Kier alpha value is -2.60. The summed E-state index contributed by atoms with van der Waals surface area (Å²) in [5, 5.41) is 16.6. The topological polar surface area (TPSA) is 113 Å². The molecule has 8 nitrogen and oxygen atoms in total. The highest BCUT2D eigenvalue weighted by Crippen LogP contribution is 2.30. The van der Waals surface area contributed by atoms with Gasteiger partial charge in [-0.3, -0.25) is 9.59 Å². The molecule has 2 atom stereocenters. The maximum atomic E-state index is 13.0. The van der Waals surface area contributed by atoms with Crippen molar-refractivity contribution < 1.29 is 19.1 Å². The van der Waals surface area contributed by atoms with E-state index in [9.17, 15) is 9.59 Å². The molecule has 0 fully saturated rings. The number of carbonyl (C=O) groups excluding carboxylic acids is 2. The summed E-state index contributed by atoms with van der Waals surface area (Å²) in [5.41, 5.74) is 4.85. The summed E-state index contributed by atoms with van der Waals surface area (Å²) >= 11 is 16.5. The van der Waals surface area contributed by atoms with Gasteiger partial charge in [-0.05, 0) is 118 Å². The first kappa shape index (κ1) is 33.9. The molecule has 0 spiro atoms. The zero-order chi connectivity index (χ0) is 30.8. The van der Waals surface area contributed by atoms with Crippen molar-refractivity contribution in [3.05, 3.63) is 88.5 Å². The molecule has 0 radical (unpaired) electrons. The summed E-state index contributed by atoms with van der Waals surface area (Å²) in [7, 11) is 0. The van der Waals surface area contributed by atoms with Crippen LogP contribution >= 0.6 is 68.4 Å². The highest BCUT2D eigenvalue weighted by molar-refractivity contribution is 14.1. The number of amides is 2. The number of hydrazone groups is 1. The first-order chi connectivity index (χ1) is 20.0. The third-order valence-electron chi connectivity index (χ3n) is 5.78. The van der Waals surface area contributed by atoms with E-state index in [-0.39, 0.29) is 10.9 Å². The van der Waals surface area contributed by atoms with E-state index in [1.807, 2.05) is 38.1 Å². The molecule has 2 N–H and O–H groups in total. The molecule has 0 bridgehead atoms. The summed E-state index contributed by atoms with van der Waals surface area (Å²) < 4.78 is 13.5. The van der Waals surface area contributed by atoms with Gasteiger partial charge in [-0.1, -0.05) is 49.2 Å². The highest BCUT2D eigenvalue weighted by atomic mass is 127. The monoisotopic (exact) mass is 832 g/mol. The summed E-state index contributed by atoms with van der Waals surface area (Å²) in [6, 6.07) is 17.0. The van der Waals surface area contributed by atoms with Gasteiger partial charge in [0.1, 0.15) is 24.1 Å². The first-order valence-electron chi connectivity index (χ1n) is 12.8. The Morgan fingerprint density at radius 1 is 1.02 bits per heavy atom. The largest absolute Gasteiger partial charge is 0.487 e. The second kappa shape index (κ2) is 16.3. The Kier molecular flexibility index (Phi) is 13.2. The van der Waals surface area contributed by atoms with Crippen molar-refractivity contribution in [3.8, 4) is 17.6 Å². The third kappa shape index (κ3) is 10.3. The molecule has 3 aromatic rings. The predicted octanol–water partition coefficient (Wildman–Crippen LogP) is 7.10. The molecule has 0 heterocycles. The smallest absolute Gasteiger partial charge is 0.262 e. The summed E-state index contributed by atoms with van der Waals surface area (Å²) in [6.45, 7) is 5.85. The second-order valence-electron chi connectivity index (χ2n) is 9.67. The van der Waals surface area contributed by atoms with Crippen molar-refractivity contribution in [2.75, 3.05) is 0 Å². The van der Waals surface area contributed by atoms with Crippen molar-refractivity contribution in [1.82, 2.24) is 10.7 Å². The Bertz CT molecular complexity index is 1470. The number of halogens is 4. The number of hydrogen-bond acceptors (Lipinski definition) is 6. The van der Waals surface area contributed by atoms with Crippen molar-refractivity contribution >= 4 is 86.4 Å². The molecule has 0 saturated carbocycles. The number of nitriles is 1. The molecule has 2 amide bonds. The standard InChI is InChI=1S/C30H28Cl2I2N4O4/c1-17(2)10-26(37-29(39)18(3)42-27-9-8-22(31)13-23(27)32)30(40)38-36-15-21-11-24(33)28(25(34)12-21)41-16-20-6-4-19(14-35)5-7-20/h4-9,11-13,15,17-18,26H,10,16H2,1-3H3,(H,37,39)(H,38,40)/b36-15-/t18-,26+/m0/s1. The molecule has 0 aromatic heterocycles. The van der Waals surface area contributed by atoms with Crippen molar-refractivity contribution in [2.24, 2.45) is 11.0 Å². The fourth-order valence-electron chi connectivity index (χ4n) is 3.68. The van der Waals surface area contributed by atoms with E-state index in [2.05, 4.69) is 67.1 Å². The molecule has 12 heteroatoms. The van der Waals surface area contributed by atoms with Crippen LogP contribution < -0.4 is 20.2 Å². The normalized spacial score (nSPS) is 12.5. The average molecular weight is 833 g/mol. The summed E-state index contributed by atoms with van der Waals surface area (Å²) in [6.07, 6.45) is 1.04. The lowest BCUT2D eigenvalue weighted by Crippen LogP contribution is -2.49. The number of benzene rings is 3. The van der Waals surface area contributed by atoms with Gasteiger partial charge >= 0.3 is 0 Å². The van der Waals surface area contributed by atoms with Gasteiger partial charge in [0, 0.05) is 5.02 Å². The highest BCUT2D eigenvalue weighted by Gasteiger charge is 2.25. The molecule has 0 saturated heterocycles. The van der Waals surface area contributed by atoms with Crippen LogP contribution in [0.2, 0.25) is 10.0 Å². The van der Waals surface area contributed by atoms with Crippen molar-refractivity contribution in [1.29, 1.82) is 5.26 Å². The predicted molar refractivity (Wildman–Crippen MR) is 181 cm³/mol. The number of nitrogens with zero attached hydrogens (tertiary/aromatic N) is 2. The lowest BCUT2D eigenvalue weighted by atomic mass is 10.0. The van der Waals surface area contributed by atoms with E-state index in [0.29, 0.717) is 29.4 Å². The van der Waals surface area contributed by atoms with Crippen LogP contribution in [-0.2, 0) is 16.2 Å². The summed E-state index contributed by atoms with van der Waals surface area (Å²) in [5.74, 6) is 0.265. The molecule has 0 unspecified atom stereocenters. The van der Waals surface area contributed by atoms with Gasteiger partial charge in [0.15, 0.2) is 6.10 Å². The Balaban J connectivity index is 1.60. The fraction of sp³-hybridized carbons (Fsp3) is 0.267. The van der Waals surface area contributed by atoms with Crippen LogP contribution in [-0.4, -0.2) is 30.2 Å². The van der Waals surface area contributed by atoms with Gasteiger partial charge in [-0.25, -0.2) is 5.43 Å². The molecule has 0 aliphatic carbocycles. The van der Waals surface area contributed by atoms with Gasteiger partial charge in [-0.2, -0.15) is 10.4 Å². The molecule has 0 aliphatic rings. The zero-order valence-corrected chi connectivity index (χ0v) is 28.8. The van der Waals surface area contributed by atoms with Crippen LogP contribution in [0.3, 0.4) is 0 Å². The minimum absolute atomic E-state index is 0.131. The lowest BCUT2D eigenvalue weighted by molar-refractivity contribution is -0.132. The van der Waals surface area contributed by atoms with Gasteiger partial charge < -0.3 is 14.8 Å². The van der Waals surface area contributed by atoms with E-state index in [4.69, 9.17) is 37.9 Å². The van der Waals surface area contributed by atoms with E-state index >= 15 is 0 Å². The third-order valence-corrected chi connectivity index (χ3v) is 7.92. The van der Waals surface area contributed by atoms with Crippen LogP contribution in [0.1, 0.15) is 43.9 Å². The average Bonchev–Trinajstić information content (AvgIpc) is 2.93. The molecule has 220 valence electrons. The van der Waals surface area contributed by atoms with Gasteiger partial charge in [0.2, 0.25) is 0 Å². The molecule has 42 heavy (non-hydrogen) atoms. The molecule has 0 aliphatic heterocycles. The Morgan fingerprint density at radius 3 is 2.29 bits per heavy atom. The fourth-order valence-corrected chi connectivity index (χ4v) is 6.26. The van der Waals surface area contributed by atoms with Gasteiger partial charge in [0.25, 0.3) is 11.8 Å².